The largest absolute Gasteiger partial charge is 0.301 e. The lowest BCUT2D eigenvalue weighted by molar-refractivity contribution is 0.122. The maximum atomic E-state index is 15.1. The van der Waals surface area contributed by atoms with Gasteiger partial charge in [0, 0.05) is 11.3 Å². The molecule has 1 aromatic rings. The molecule has 1 fully saturated rings. The van der Waals surface area contributed by atoms with Crippen LogP contribution in [-0.4, -0.2) is 18.0 Å². The van der Waals surface area contributed by atoms with Crippen LogP contribution < -0.4 is 0 Å². The van der Waals surface area contributed by atoms with Crippen molar-refractivity contribution >= 4 is 10.1 Å². The van der Waals surface area contributed by atoms with Crippen LogP contribution in [0.15, 0.2) is 30.3 Å². The van der Waals surface area contributed by atoms with Crippen molar-refractivity contribution in [3.8, 4) is 0 Å². The third kappa shape index (κ3) is 1.86. The van der Waals surface area contributed by atoms with E-state index < -0.39 is 26.5 Å². The Morgan fingerprint density at radius 2 is 1.72 bits per heavy atom. The Balaban J connectivity index is 2.56. The van der Waals surface area contributed by atoms with Gasteiger partial charge in [-0.3, -0.25) is 4.55 Å². The van der Waals surface area contributed by atoms with E-state index in [9.17, 15) is 13.0 Å². The smallest absolute Gasteiger partial charge is 0.283 e. The van der Waals surface area contributed by atoms with Crippen LogP contribution in [0.5, 0.6) is 0 Å². The lowest BCUT2D eigenvalue weighted by Gasteiger charge is -2.38. The van der Waals surface area contributed by atoms with Gasteiger partial charge < -0.3 is 0 Å². The maximum Gasteiger partial charge on any atom is 0.301 e. The van der Waals surface area contributed by atoms with Crippen molar-refractivity contribution in [1.82, 2.24) is 0 Å². The molecule has 0 saturated heterocycles. The molecule has 0 bridgehead atoms. The molecule has 1 unspecified atom stereocenters. The fourth-order valence-corrected chi connectivity index (χ4v) is 3.97. The molecular formula is C13H17FO3S. The monoisotopic (exact) mass is 272 g/mol. The van der Waals surface area contributed by atoms with Gasteiger partial charge in [-0.1, -0.05) is 44.2 Å². The molecule has 1 aliphatic carbocycles. The Morgan fingerprint density at radius 1 is 1.22 bits per heavy atom. The Labute approximate surface area is 107 Å². The Morgan fingerprint density at radius 3 is 2.11 bits per heavy atom. The number of hydrogen-bond donors (Lipinski definition) is 1. The third-order valence-corrected chi connectivity index (χ3v) is 5.42. The van der Waals surface area contributed by atoms with E-state index in [1.165, 1.54) is 13.8 Å². The average Bonchev–Trinajstić information content (AvgIpc) is 3.11. The van der Waals surface area contributed by atoms with Gasteiger partial charge in [0.25, 0.3) is 0 Å². The fourth-order valence-electron chi connectivity index (χ4n) is 2.55. The van der Waals surface area contributed by atoms with Gasteiger partial charge in [0.05, 0.1) is 0 Å². The molecule has 1 saturated carbocycles. The molecule has 0 heterocycles. The number of halogens is 1. The molecule has 0 aliphatic heterocycles. The minimum atomic E-state index is -4.77. The SMILES string of the molecule is CC(C)(c1ccccc1)C(F)(C1CC1)S(=O)(=O)O. The van der Waals surface area contributed by atoms with E-state index in [2.05, 4.69) is 0 Å². The highest BCUT2D eigenvalue weighted by atomic mass is 32.2. The van der Waals surface area contributed by atoms with Crippen molar-refractivity contribution in [3.63, 3.8) is 0 Å². The number of alkyl halides is 1. The summed E-state index contributed by atoms with van der Waals surface area (Å²) in [6.07, 6.45) is 0.985. The van der Waals surface area contributed by atoms with Crippen LogP contribution in [0.2, 0.25) is 0 Å². The zero-order valence-corrected chi connectivity index (χ0v) is 11.2. The molecule has 18 heavy (non-hydrogen) atoms. The average molecular weight is 272 g/mol. The van der Waals surface area contributed by atoms with Crippen molar-refractivity contribution < 1.29 is 17.4 Å². The Bertz CT molecular complexity index is 535. The summed E-state index contributed by atoms with van der Waals surface area (Å²) in [5, 5.41) is -2.62. The van der Waals surface area contributed by atoms with Gasteiger partial charge >= 0.3 is 10.1 Å². The first-order chi connectivity index (χ1) is 8.21. The summed E-state index contributed by atoms with van der Waals surface area (Å²) in [5.41, 5.74) is -0.722. The number of benzene rings is 1. The molecule has 1 aliphatic rings. The van der Waals surface area contributed by atoms with Crippen molar-refractivity contribution in [1.29, 1.82) is 0 Å². The summed E-state index contributed by atoms with van der Waals surface area (Å²) < 4.78 is 47.5. The van der Waals surface area contributed by atoms with Crippen LogP contribution in [0.4, 0.5) is 4.39 Å². The molecule has 0 spiro atoms. The highest BCUT2D eigenvalue weighted by Crippen LogP contribution is 2.55. The Hall–Kier alpha value is -0.940. The third-order valence-electron chi connectivity index (χ3n) is 3.83. The molecule has 1 N–H and O–H groups in total. The molecule has 3 nitrogen and oxygen atoms in total. The predicted molar refractivity (Wildman–Crippen MR) is 67.6 cm³/mol. The summed E-state index contributed by atoms with van der Waals surface area (Å²) in [5.74, 6) is -0.622. The highest BCUT2D eigenvalue weighted by Gasteiger charge is 2.64. The summed E-state index contributed by atoms with van der Waals surface area (Å²) >= 11 is 0. The summed E-state index contributed by atoms with van der Waals surface area (Å²) in [6.45, 7) is 3.04. The fraction of sp³-hybridized carbons (Fsp3) is 0.538. The second-order valence-electron chi connectivity index (χ2n) is 5.39. The Kier molecular flexibility index (Phi) is 3.02. The van der Waals surface area contributed by atoms with E-state index in [1.54, 1.807) is 30.3 Å². The molecule has 5 heteroatoms. The first-order valence-electron chi connectivity index (χ1n) is 5.92. The minimum absolute atomic E-state index is 0.493. The molecule has 100 valence electrons. The van der Waals surface area contributed by atoms with Crippen LogP contribution in [0.25, 0.3) is 0 Å². The van der Waals surface area contributed by atoms with Gasteiger partial charge in [0.1, 0.15) is 0 Å². The topological polar surface area (TPSA) is 54.4 Å². The second-order valence-corrected chi connectivity index (χ2v) is 6.93. The summed E-state index contributed by atoms with van der Waals surface area (Å²) in [7, 11) is -4.77. The zero-order chi connectivity index (χ0) is 13.6. The van der Waals surface area contributed by atoms with Gasteiger partial charge in [-0.05, 0) is 18.4 Å². The summed E-state index contributed by atoms with van der Waals surface area (Å²) in [4.78, 5) is 0. The lowest BCUT2D eigenvalue weighted by Crippen LogP contribution is -2.51. The van der Waals surface area contributed by atoms with Crippen LogP contribution in [-0.2, 0) is 15.5 Å². The van der Waals surface area contributed by atoms with E-state index in [4.69, 9.17) is 0 Å². The normalized spacial score (nSPS) is 20.4. The molecule has 1 atom stereocenters. The van der Waals surface area contributed by atoms with Gasteiger partial charge in [-0.25, -0.2) is 4.39 Å². The first kappa shape index (κ1) is 13.5. The first-order valence-corrected chi connectivity index (χ1v) is 7.36. The predicted octanol–water partition coefficient (Wildman–Crippen LogP) is 2.93. The van der Waals surface area contributed by atoms with Crippen molar-refractivity contribution in [2.24, 2.45) is 5.92 Å². The van der Waals surface area contributed by atoms with Gasteiger partial charge in [-0.15, -0.1) is 0 Å². The van der Waals surface area contributed by atoms with E-state index >= 15 is 4.39 Å². The van der Waals surface area contributed by atoms with E-state index in [0.717, 1.165) is 0 Å². The molecule has 0 radical (unpaired) electrons. The molecule has 1 aromatic carbocycles. The van der Waals surface area contributed by atoms with Gasteiger partial charge in [0.15, 0.2) is 0 Å². The van der Waals surface area contributed by atoms with Gasteiger partial charge in [-0.2, -0.15) is 8.42 Å². The lowest BCUT2D eigenvalue weighted by atomic mass is 9.77. The van der Waals surface area contributed by atoms with Crippen molar-refractivity contribution in [2.45, 2.75) is 37.1 Å². The van der Waals surface area contributed by atoms with Crippen LogP contribution in [0.3, 0.4) is 0 Å². The molecule has 0 aromatic heterocycles. The zero-order valence-electron chi connectivity index (χ0n) is 10.4. The quantitative estimate of drug-likeness (QED) is 0.857. The van der Waals surface area contributed by atoms with E-state index in [-0.39, 0.29) is 0 Å². The number of hydrogen-bond acceptors (Lipinski definition) is 2. The summed E-state index contributed by atoms with van der Waals surface area (Å²) in [6, 6.07) is 8.61. The van der Waals surface area contributed by atoms with Crippen molar-refractivity contribution in [2.75, 3.05) is 0 Å². The standard InChI is InChI=1S/C13H17FO3S/c1-12(2,10-6-4-3-5-7-10)13(14,11-8-9-11)18(15,16)17/h3-7,11H,8-9H2,1-2H3,(H,15,16,17). The highest BCUT2D eigenvalue weighted by molar-refractivity contribution is 7.87. The maximum absolute atomic E-state index is 15.1. The molecule has 2 rings (SSSR count). The minimum Gasteiger partial charge on any atom is -0.283 e. The second kappa shape index (κ2) is 4.03. The van der Waals surface area contributed by atoms with Crippen LogP contribution >= 0.6 is 0 Å². The van der Waals surface area contributed by atoms with Crippen molar-refractivity contribution in [3.05, 3.63) is 35.9 Å². The molecular weight excluding hydrogens is 255 g/mol. The van der Waals surface area contributed by atoms with Crippen LogP contribution in [0, 0.1) is 5.92 Å². The number of rotatable bonds is 4. The van der Waals surface area contributed by atoms with E-state index in [1.807, 2.05) is 0 Å². The molecule has 0 amide bonds. The van der Waals surface area contributed by atoms with Crippen LogP contribution in [0.1, 0.15) is 32.3 Å². The van der Waals surface area contributed by atoms with Gasteiger partial charge in [0.2, 0.25) is 5.00 Å². The van der Waals surface area contributed by atoms with E-state index in [0.29, 0.717) is 18.4 Å².